The highest BCUT2D eigenvalue weighted by Gasteiger charge is 2.36. The zero-order valence-electron chi connectivity index (χ0n) is 26.3. The van der Waals surface area contributed by atoms with Crippen LogP contribution in [0.4, 0.5) is 0 Å². The van der Waals surface area contributed by atoms with Crippen molar-refractivity contribution in [2.45, 2.75) is 19.3 Å². The van der Waals surface area contributed by atoms with Gasteiger partial charge in [-0.2, -0.15) is 0 Å². The Morgan fingerprint density at radius 1 is 0.468 bits per heavy atom. The van der Waals surface area contributed by atoms with Crippen LogP contribution in [0.3, 0.4) is 0 Å². The van der Waals surface area contributed by atoms with Crippen LogP contribution in [0.1, 0.15) is 25.0 Å². The fraction of sp³-hybridized carbons (Fsp3) is 0.0682. The van der Waals surface area contributed by atoms with Crippen molar-refractivity contribution in [2.24, 2.45) is 0 Å². The molecule has 9 aromatic rings. The second-order valence-electron chi connectivity index (χ2n) is 13.3. The van der Waals surface area contributed by atoms with Crippen molar-refractivity contribution in [2.75, 3.05) is 0 Å². The minimum atomic E-state index is -0.210. The summed E-state index contributed by atoms with van der Waals surface area (Å²) in [6.07, 6.45) is 1.91. The lowest BCUT2D eigenvalue weighted by atomic mass is 9.74. The lowest BCUT2D eigenvalue weighted by Gasteiger charge is -2.35. The first-order chi connectivity index (χ1) is 23.1. The average molecular weight is 602 g/mol. The molecule has 222 valence electrons. The van der Waals surface area contributed by atoms with Crippen molar-refractivity contribution in [1.29, 1.82) is 0 Å². The minimum absolute atomic E-state index is 0.210. The van der Waals surface area contributed by atoms with Crippen LogP contribution in [0.25, 0.3) is 77.4 Å². The Labute approximate surface area is 273 Å². The summed E-state index contributed by atoms with van der Waals surface area (Å²) in [5.41, 5.74) is 14.3. The van der Waals surface area contributed by atoms with E-state index in [1.54, 1.807) is 0 Å². The van der Waals surface area contributed by atoms with Gasteiger partial charge in [0.2, 0.25) is 0 Å². The van der Waals surface area contributed by atoms with Crippen LogP contribution < -0.4 is 0 Å². The number of hydrogen-bond acceptors (Lipinski definition) is 1. The third kappa shape index (κ3) is 3.65. The number of fused-ring (bicyclic) bond motifs is 8. The molecule has 0 unspecified atom stereocenters. The molecule has 47 heavy (non-hydrogen) atoms. The predicted octanol–water partition coefficient (Wildman–Crippen LogP) is 11.2. The van der Waals surface area contributed by atoms with E-state index in [1.807, 2.05) is 6.20 Å². The van der Waals surface area contributed by atoms with Gasteiger partial charge in [-0.1, -0.05) is 117 Å². The van der Waals surface area contributed by atoms with E-state index in [4.69, 9.17) is 4.98 Å². The number of rotatable bonds is 3. The minimum Gasteiger partial charge on any atom is -0.309 e. The topological polar surface area (TPSA) is 22.8 Å². The average Bonchev–Trinajstić information content (AvgIpc) is 3.63. The molecular weight excluding hydrogens is 571 g/mol. The van der Waals surface area contributed by atoms with Crippen LogP contribution in [0, 0.1) is 0 Å². The van der Waals surface area contributed by atoms with Crippen LogP contribution in [-0.4, -0.2) is 14.1 Å². The molecule has 0 bridgehead atoms. The molecule has 1 aliphatic heterocycles. The molecule has 1 aliphatic rings. The third-order valence-corrected chi connectivity index (χ3v) is 10.3. The Morgan fingerprint density at radius 2 is 1.09 bits per heavy atom. The monoisotopic (exact) mass is 601 g/mol. The van der Waals surface area contributed by atoms with Gasteiger partial charge in [0.05, 0.1) is 22.2 Å². The summed E-state index contributed by atoms with van der Waals surface area (Å²) in [5.74, 6) is 0. The van der Waals surface area contributed by atoms with Gasteiger partial charge < -0.3 is 4.57 Å². The molecule has 0 N–H and O–H groups in total. The first-order valence-corrected chi connectivity index (χ1v) is 16.3. The van der Waals surface area contributed by atoms with Crippen LogP contribution >= 0.6 is 0 Å². The zero-order chi connectivity index (χ0) is 31.3. The smallest absolute Gasteiger partial charge is 0.145 e. The summed E-state index contributed by atoms with van der Waals surface area (Å²) in [5, 5.41) is 4.91. The molecule has 10 rings (SSSR count). The van der Waals surface area contributed by atoms with Crippen LogP contribution in [-0.2, 0) is 5.41 Å². The highest BCUT2D eigenvalue weighted by Crippen LogP contribution is 2.48. The number of nitrogens with zero attached hydrogens (tertiary/aromatic N) is 3. The van der Waals surface area contributed by atoms with Crippen LogP contribution in [0.2, 0.25) is 0 Å². The first-order valence-electron chi connectivity index (χ1n) is 16.3. The highest BCUT2D eigenvalue weighted by molar-refractivity contribution is 6.14. The third-order valence-electron chi connectivity index (χ3n) is 10.3. The van der Waals surface area contributed by atoms with Crippen molar-refractivity contribution in [3.63, 3.8) is 0 Å². The normalized spacial score (nSPS) is 13.5. The van der Waals surface area contributed by atoms with Gasteiger partial charge in [0.15, 0.2) is 0 Å². The van der Waals surface area contributed by atoms with Crippen molar-refractivity contribution in [3.05, 3.63) is 163 Å². The van der Waals surface area contributed by atoms with E-state index in [1.165, 1.54) is 82.9 Å². The van der Waals surface area contributed by atoms with Crippen LogP contribution in [0.5, 0.6) is 0 Å². The van der Waals surface area contributed by atoms with E-state index in [0.29, 0.717) is 0 Å². The Balaban J connectivity index is 1.35. The predicted molar refractivity (Wildman–Crippen MR) is 196 cm³/mol. The number of benzene rings is 6. The van der Waals surface area contributed by atoms with E-state index in [0.717, 1.165) is 5.65 Å². The molecule has 0 amide bonds. The molecule has 0 radical (unpaired) electrons. The van der Waals surface area contributed by atoms with Gasteiger partial charge in [0.25, 0.3) is 0 Å². The van der Waals surface area contributed by atoms with Crippen molar-refractivity contribution in [1.82, 2.24) is 14.1 Å². The molecule has 0 spiro atoms. The second kappa shape index (κ2) is 9.54. The lowest BCUT2D eigenvalue weighted by molar-refractivity contribution is 0.629. The standard InChI is InChI=1S/C44H31N3/c1-44(2)37-17-9-10-18-39(37)47-42-36(35-16-11-23-45-43(35)47)26-32(27-38(42)44)46-40-24-30(28-12-5-3-6-13-28)19-21-33(40)34-22-20-31(25-41(34)46)29-14-7-4-8-15-29/h3-27H,1-2H3. The molecule has 0 atom stereocenters. The molecule has 6 aromatic carbocycles. The summed E-state index contributed by atoms with van der Waals surface area (Å²) in [4.78, 5) is 4.95. The molecule has 0 aliphatic carbocycles. The lowest BCUT2D eigenvalue weighted by Crippen LogP contribution is -2.26. The summed E-state index contributed by atoms with van der Waals surface area (Å²) in [6, 6.07) is 53.2. The summed E-state index contributed by atoms with van der Waals surface area (Å²) < 4.78 is 4.88. The van der Waals surface area contributed by atoms with E-state index in [2.05, 4.69) is 169 Å². The largest absolute Gasteiger partial charge is 0.309 e. The maximum Gasteiger partial charge on any atom is 0.145 e. The van der Waals surface area contributed by atoms with Crippen molar-refractivity contribution >= 4 is 43.7 Å². The molecule has 3 heteroatoms. The maximum absolute atomic E-state index is 4.95. The number of pyridine rings is 1. The summed E-state index contributed by atoms with van der Waals surface area (Å²) >= 11 is 0. The quantitative estimate of drug-likeness (QED) is 0.198. The Morgan fingerprint density at radius 3 is 1.74 bits per heavy atom. The molecule has 0 fully saturated rings. The van der Waals surface area contributed by atoms with Gasteiger partial charge in [-0.15, -0.1) is 0 Å². The van der Waals surface area contributed by atoms with Gasteiger partial charge >= 0.3 is 0 Å². The second-order valence-corrected chi connectivity index (χ2v) is 13.3. The van der Waals surface area contributed by atoms with E-state index < -0.39 is 0 Å². The summed E-state index contributed by atoms with van der Waals surface area (Å²) in [7, 11) is 0. The number of aromatic nitrogens is 3. The van der Waals surface area contributed by atoms with Crippen molar-refractivity contribution < 1.29 is 0 Å². The zero-order valence-corrected chi connectivity index (χ0v) is 26.3. The Kier molecular flexibility index (Phi) is 5.34. The van der Waals surface area contributed by atoms with Gasteiger partial charge in [-0.05, 0) is 75.8 Å². The van der Waals surface area contributed by atoms with E-state index >= 15 is 0 Å². The van der Waals surface area contributed by atoms with Crippen molar-refractivity contribution in [3.8, 4) is 33.6 Å². The maximum atomic E-state index is 4.95. The first kappa shape index (κ1) is 26.3. The van der Waals surface area contributed by atoms with Gasteiger partial charge in [0, 0.05) is 38.8 Å². The molecule has 3 nitrogen and oxygen atoms in total. The van der Waals surface area contributed by atoms with Gasteiger partial charge in [-0.3, -0.25) is 4.57 Å². The van der Waals surface area contributed by atoms with Gasteiger partial charge in [0.1, 0.15) is 5.65 Å². The molecule has 0 saturated carbocycles. The van der Waals surface area contributed by atoms with Crippen LogP contribution in [0.15, 0.2) is 152 Å². The van der Waals surface area contributed by atoms with E-state index in [-0.39, 0.29) is 5.41 Å². The molecule has 3 aromatic heterocycles. The molecular formula is C44H31N3. The number of hydrogen-bond donors (Lipinski definition) is 0. The van der Waals surface area contributed by atoms with Gasteiger partial charge in [-0.25, -0.2) is 4.98 Å². The fourth-order valence-corrected chi connectivity index (χ4v) is 8.06. The van der Waals surface area contributed by atoms with E-state index in [9.17, 15) is 0 Å². The number of para-hydroxylation sites is 1. The SMILES string of the molecule is CC1(C)c2ccccc2-n2c3ncccc3c3cc(-n4c5cc(-c6ccccc6)ccc5c5ccc(-c6ccccc6)cc54)cc1c32. The Hall–Kier alpha value is -5.93. The molecule has 4 heterocycles. The fourth-order valence-electron chi connectivity index (χ4n) is 8.06. The molecule has 0 saturated heterocycles. The summed E-state index contributed by atoms with van der Waals surface area (Å²) in [6.45, 7) is 4.73. The Bertz CT molecular complexity index is 2600. The highest BCUT2D eigenvalue weighted by atomic mass is 15.1.